The van der Waals surface area contributed by atoms with Crippen LogP contribution in [0.25, 0.3) is 11.0 Å². The lowest BCUT2D eigenvalue weighted by atomic mass is 10.1. The molecule has 1 N–H and O–H groups in total. The zero-order valence-electron chi connectivity index (χ0n) is 16.6. The van der Waals surface area contributed by atoms with Gasteiger partial charge in [0.05, 0.1) is 18.1 Å². The number of amides is 1. The summed E-state index contributed by atoms with van der Waals surface area (Å²) in [6.45, 7) is -2.53. The Kier molecular flexibility index (Phi) is 5.83. The van der Waals surface area contributed by atoms with Crippen molar-refractivity contribution in [1.82, 2.24) is 14.9 Å². The second kappa shape index (κ2) is 8.69. The fourth-order valence-corrected chi connectivity index (χ4v) is 3.50. The number of benzene rings is 2. The van der Waals surface area contributed by atoms with Crippen molar-refractivity contribution in [3.63, 3.8) is 0 Å². The van der Waals surface area contributed by atoms with Gasteiger partial charge in [-0.05, 0) is 42.7 Å². The average Bonchev–Trinajstić information content (AvgIpc) is 3.49. The maximum atomic E-state index is 12.9. The molecule has 2 aromatic carbocycles. The molecule has 0 aliphatic heterocycles. The Morgan fingerprint density at radius 1 is 1.23 bits per heavy atom. The highest BCUT2D eigenvalue weighted by Crippen LogP contribution is 2.33. The third-order valence-corrected chi connectivity index (χ3v) is 5.12. The standard InChI is InChI=1S/C22H23F2N3O3/c1-29-19-12-14(6-9-18(19)30-22(23)24)13-27(15-7-8-15)21(28)11-10-20-25-16-4-2-3-5-17(16)26-20/h2-6,9,12,15,22H,7-8,10-11,13H2,1H3,(H,25,26). The van der Waals surface area contributed by atoms with E-state index < -0.39 is 6.61 Å². The van der Waals surface area contributed by atoms with Gasteiger partial charge in [0.25, 0.3) is 0 Å². The zero-order valence-corrected chi connectivity index (χ0v) is 16.6. The van der Waals surface area contributed by atoms with E-state index in [-0.39, 0.29) is 23.4 Å². The molecule has 1 aromatic heterocycles. The monoisotopic (exact) mass is 415 g/mol. The van der Waals surface area contributed by atoms with Gasteiger partial charge >= 0.3 is 6.61 Å². The van der Waals surface area contributed by atoms with E-state index in [4.69, 9.17) is 4.74 Å². The second-order valence-corrected chi connectivity index (χ2v) is 7.32. The number of nitrogens with zero attached hydrogens (tertiary/aromatic N) is 2. The molecular formula is C22H23F2N3O3. The van der Waals surface area contributed by atoms with E-state index >= 15 is 0 Å². The molecule has 1 heterocycles. The van der Waals surface area contributed by atoms with Crippen LogP contribution in [0.5, 0.6) is 11.5 Å². The van der Waals surface area contributed by atoms with E-state index in [1.807, 2.05) is 29.2 Å². The minimum atomic E-state index is -2.92. The maximum absolute atomic E-state index is 12.9. The highest BCUT2D eigenvalue weighted by atomic mass is 19.3. The molecule has 0 bridgehead atoms. The number of methoxy groups -OCH3 is 1. The third kappa shape index (κ3) is 4.69. The van der Waals surface area contributed by atoms with Crippen molar-refractivity contribution < 1.29 is 23.0 Å². The first-order chi connectivity index (χ1) is 14.5. The fourth-order valence-electron chi connectivity index (χ4n) is 3.50. The van der Waals surface area contributed by atoms with Gasteiger partial charge in [-0.3, -0.25) is 4.79 Å². The Bertz CT molecular complexity index is 1000. The van der Waals surface area contributed by atoms with Crippen LogP contribution >= 0.6 is 0 Å². The number of aromatic nitrogens is 2. The predicted molar refractivity (Wildman–Crippen MR) is 108 cm³/mol. The molecule has 3 aromatic rings. The van der Waals surface area contributed by atoms with Gasteiger partial charge in [-0.25, -0.2) is 4.98 Å². The summed E-state index contributed by atoms with van der Waals surface area (Å²) >= 11 is 0. The Morgan fingerprint density at radius 3 is 2.73 bits per heavy atom. The smallest absolute Gasteiger partial charge is 0.387 e. The summed E-state index contributed by atoms with van der Waals surface area (Å²) in [5, 5.41) is 0. The molecule has 0 radical (unpaired) electrons. The molecule has 0 spiro atoms. The molecule has 0 saturated heterocycles. The van der Waals surface area contributed by atoms with E-state index in [1.165, 1.54) is 13.2 Å². The number of carbonyl (C=O) groups excluding carboxylic acids is 1. The number of hydrogen-bond donors (Lipinski definition) is 1. The Balaban J connectivity index is 1.42. The van der Waals surface area contributed by atoms with Crippen molar-refractivity contribution in [2.75, 3.05) is 7.11 Å². The zero-order chi connectivity index (χ0) is 21.1. The minimum Gasteiger partial charge on any atom is -0.493 e. The minimum absolute atomic E-state index is 0.0227. The molecule has 1 aliphatic carbocycles. The normalized spacial score (nSPS) is 13.6. The van der Waals surface area contributed by atoms with Gasteiger partial charge in [0.15, 0.2) is 11.5 Å². The SMILES string of the molecule is COc1cc(CN(C(=O)CCc2nc3ccccc3[nH]2)C2CC2)ccc1OC(F)F. The molecule has 30 heavy (non-hydrogen) atoms. The lowest BCUT2D eigenvalue weighted by molar-refractivity contribution is -0.132. The lowest BCUT2D eigenvalue weighted by Crippen LogP contribution is -2.32. The molecular weight excluding hydrogens is 392 g/mol. The number of hydrogen-bond acceptors (Lipinski definition) is 4. The Morgan fingerprint density at radius 2 is 2.03 bits per heavy atom. The first-order valence-electron chi connectivity index (χ1n) is 9.88. The van der Waals surface area contributed by atoms with Crippen LogP contribution in [-0.2, 0) is 17.8 Å². The highest BCUT2D eigenvalue weighted by Gasteiger charge is 2.32. The van der Waals surface area contributed by atoms with E-state index in [1.54, 1.807) is 12.1 Å². The highest BCUT2D eigenvalue weighted by molar-refractivity contribution is 5.78. The summed E-state index contributed by atoms with van der Waals surface area (Å²) < 4.78 is 34.7. The van der Waals surface area contributed by atoms with Crippen LogP contribution in [0, 0.1) is 0 Å². The van der Waals surface area contributed by atoms with Gasteiger partial charge in [0.1, 0.15) is 5.82 Å². The van der Waals surface area contributed by atoms with Crippen molar-refractivity contribution in [2.24, 2.45) is 0 Å². The molecule has 0 atom stereocenters. The van der Waals surface area contributed by atoms with Gasteiger partial charge < -0.3 is 19.4 Å². The van der Waals surface area contributed by atoms with E-state index in [9.17, 15) is 13.6 Å². The van der Waals surface area contributed by atoms with Crippen molar-refractivity contribution in [1.29, 1.82) is 0 Å². The van der Waals surface area contributed by atoms with Gasteiger partial charge in [-0.1, -0.05) is 18.2 Å². The molecule has 1 saturated carbocycles. The number of fused-ring (bicyclic) bond motifs is 1. The van der Waals surface area contributed by atoms with Crippen LogP contribution in [0.4, 0.5) is 8.78 Å². The number of alkyl halides is 2. The number of halogens is 2. The molecule has 4 rings (SSSR count). The first kappa shape index (κ1) is 20.1. The van der Waals surface area contributed by atoms with Crippen molar-refractivity contribution >= 4 is 16.9 Å². The number of aromatic amines is 1. The number of imidazole rings is 1. The van der Waals surface area contributed by atoms with E-state index in [2.05, 4.69) is 14.7 Å². The number of H-pyrrole nitrogens is 1. The maximum Gasteiger partial charge on any atom is 0.387 e. The van der Waals surface area contributed by atoms with Crippen molar-refractivity contribution in [3.8, 4) is 11.5 Å². The summed E-state index contributed by atoms with van der Waals surface area (Å²) in [5.41, 5.74) is 2.65. The summed E-state index contributed by atoms with van der Waals surface area (Å²) in [6.07, 6.45) is 2.82. The second-order valence-electron chi connectivity index (χ2n) is 7.32. The third-order valence-electron chi connectivity index (χ3n) is 5.12. The fraction of sp³-hybridized carbons (Fsp3) is 0.364. The Hall–Kier alpha value is -3.16. The van der Waals surface area contributed by atoms with Crippen molar-refractivity contribution in [2.45, 2.75) is 44.9 Å². The van der Waals surface area contributed by atoms with E-state index in [0.29, 0.717) is 19.4 Å². The topological polar surface area (TPSA) is 67.5 Å². The molecule has 1 amide bonds. The van der Waals surface area contributed by atoms with Gasteiger partial charge in [-0.2, -0.15) is 8.78 Å². The van der Waals surface area contributed by atoms with Gasteiger partial charge in [0.2, 0.25) is 5.91 Å². The quantitative estimate of drug-likeness (QED) is 0.566. The number of aryl methyl sites for hydroxylation is 1. The molecule has 1 fully saturated rings. The van der Waals surface area contributed by atoms with Crippen LogP contribution in [0.2, 0.25) is 0 Å². The lowest BCUT2D eigenvalue weighted by Gasteiger charge is -2.23. The van der Waals surface area contributed by atoms with Crippen molar-refractivity contribution in [3.05, 3.63) is 53.9 Å². The summed E-state index contributed by atoms with van der Waals surface area (Å²) in [4.78, 5) is 22.5. The van der Waals surface area contributed by atoms with Crippen LogP contribution in [0.3, 0.4) is 0 Å². The number of ether oxygens (including phenoxy) is 2. The first-order valence-corrected chi connectivity index (χ1v) is 9.88. The number of carbonyl (C=O) groups is 1. The number of rotatable bonds is 9. The predicted octanol–water partition coefficient (Wildman–Crippen LogP) is 4.30. The average molecular weight is 415 g/mol. The van der Waals surface area contributed by atoms with Crippen LogP contribution in [0.15, 0.2) is 42.5 Å². The largest absolute Gasteiger partial charge is 0.493 e. The number of para-hydroxylation sites is 2. The van der Waals surface area contributed by atoms with Crippen LogP contribution in [-0.4, -0.2) is 40.5 Å². The summed E-state index contributed by atoms with van der Waals surface area (Å²) in [5.74, 6) is 1.03. The summed E-state index contributed by atoms with van der Waals surface area (Å²) in [6, 6.07) is 12.7. The number of nitrogens with one attached hydrogen (secondary N) is 1. The molecule has 8 heteroatoms. The molecule has 158 valence electrons. The van der Waals surface area contributed by atoms with E-state index in [0.717, 1.165) is 35.3 Å². The molecule has 6 nitrogen and oxygen atoms in total. The Labute approximate surface area is 172 Å². The van der Waals surface area contributed by atoms with Gasteiger partial charge in [0, 0.05) is 25.4 Å². The van der Waals surface area contributed by atoms with Gasteiger partial charge in [-0.15, -0.1) is 0 Å². The van der Waals surface area contributed by atoms with Crippen LogP contribution < -0.4 is 9.47 Å². The summed E-state index contributed by atoms with van der Waals surface area (Å²) in [7, 11) is 1.40. The molecule has 0 unspecified atom stereocenters. The molecule has 1 aliphatic rings. The van der Waals surface area contributed by atoms with Crippen LogP contribution in [0.1, 0.15) is 30.7 Å².